The van der Waals surface area contributed by atoms with Gasteiger partial charge in [0.25, 0.3) is 11.8 Å². The fraction of sp³-hybridized carbons (Fsp3) is 0.174. The van der Waals surface area contributed by atoms with E-state index < -0.39 is 23.8 Å². The van der Waals surface area contributed by atoms with Gasteiger partial charge in [-0.25, -0.2) is 9.59 Å². The standard InChI is InChI=1S/C23H17N5O6S2/c1-10-13(7-24)20(35-16(10)22(31)33-3)27-18(29)12-5-6-15(26-9-12)19(30)28-21-14(8-25)11(2)17(36-21)23(32)34-4/h5-6,9H,1-4H3,(H,27,29)(H,28,30). The third-order valence-electron chi connectivity index (χ3n) is 4.97. The van der Waals surface area contributed by atoms with E-state index in [4.69, 9.17) is 9.47 Å². The van der Waals surface area contributed by atoms with Crippen LogP contribution in [0.25, 0.3) is 0 Å². The van der Waals surface area contributed by atoms with Crippen molar-refractivity contribution in [1.29, 1.82) is 10.5 Å². The van der Waals surface area contributed by atoms with E-state index in [2.05, 4.69) is 15.6 Å². The molecular weight excluding hydrogens is 506 g/mol. The number of ether oxygens (including phenoxy) is 2. The first-order valence-corrected chi connectivity index (χ1v) is 11.6. The topological polar surface area (TPSA) is 171 Å². The number of methoxy groups -OCH3 is 2. The van der Waals surface area contributed by atoms with Gasteiger partial charge in [-0.2, -0.15) is 10.5 Å². The Morgan fingerprint density at radius 1 is 0.833 bits per heavy atom. The monoisotopic (exact) mass is 523 g/mol. The van der Waals surface area contributed by atoms with Gasteiger partial charge in [0, 0.05) is 6.20 Å². The molecule has 0 aliphatic rings. The molecular formula is C23H17N5O6S2. The highest BCUT2D eigenvalue weighted by molar-refractivity contribution is 7.19. The number of amides is 2. The number of hydrogen-bond acceptors (Lipinski definition) is 11. The van der Waals surface area contributed by atoms with Gasteiger partial charge < -0.3 is 20.1 Å². The molecule has 13 heteroatoms. The molecule has 0 aromatic carbocycles. The van der Waals surface area contributed by atoms with Crippen LogP contribution in [0.2, 0.25) is 0 Å². The van der Waals surface area contributed by atoms with Gasteiger partial charge in [0.2, 0.25) is 0 Å². The molecule has 0 atom stereocenters. The lowest BCUT2D eigenvalue weighted by Gasteiger charge is -2.05. The average molecular weight is 524 g/mol. The van der Waals surface area contributed by atoms with Crippen molar-refractivity contribution in [2.45, 2.75) is 13.8 Å². The van der Waals surface area contributed by atoms with E-state index in [-0.39, 0.29) is 42.1 Å². The number of aromatic nitrogens is 1. The Morgan fingerprint density at radius 3 is 1.69 bits per heavy atom. The summed E-state index contributed by atoms with van der Waals surface area (Å²) in [4.78, 5) is 53.5. The van der Waals surface area contributed by atoms with E-state index in [9.17, 15) is 29.7 Å². The van der Waals surface area contributed by atoms with Crippen molar-refractivity contribution in [1.82, 2.24) is 4.98 Å². The number of pyridine rings is 1. The molecule has 0 fully saturated rings. The molecule has 0 saturated carbocycles. The molecule has 3 aromatic heterocycles. The van der Waals surface area contributed by atoms with Crippen LogP contribution in [-0.2, 0) is 9.47 Å². The van der Waals surface area contributed by atoms with Crippen molar-refractivity contribution < 1.29 is 28.7 Å². The highest BCUT2D eigenvalue weighted by atomic mass is 32.1. The van der Waals surface area contributed by atoms with Crippen LogP contribution >= 0.6 is 22.7 Å². The second kappa shape index (κ2) is 10.8. The second-order valence-electron chi connectivity index (χ2n) is 7.07. The lowest BCUT2D eigenvalue weighted by Crippen LogP contribution is -2.16. The van der Waals surface area contributed by atoms with Crippen LogP contribution < -0.4 is 10.6 Å². The predicted molar refractivity (Wildman–Crippen MR) is 130 cm³/mol. The average Bonchev–Trinajstić information content (AvgIpc) is 3.37. The van der Waals surface area contributed by atoms with Gasteiger partial charge in [-0.05, 0) is 37.1 Å². The quantitative estimate of drug-likeness (QED) is 0.458. The van der Waals surface area contributed by atoms with Crippen LogP contribution in [0.15, 0.2) is 18.3 Å². The summed E-state index contributed by atoms with van der Waals surface area (Å²) in [7, 11) is 2.43. The lowest BCUT2D eigenvalue weighted by molar-refractivity contribution is 0.0596. The molecule has 3 heterocycles. The number of nitrogens with zero attached hydrogens (tertiary/aromatic N) is 3. The van der Waals surface area contributed by atoms with E-state index in [1.165, 1.54) is 32.5 Å². The number of esters is 2. The fourth-order valence-corrected chi connectivity index (χ4v) is 5.19. The minimum absolute atomic E-state index is 0.0428. The molecule has 182 valence electrons. The number of anilines is 2. The summed E-state index contributed by atoms with van der Waals surface area (Å²) >= 11 is 1.82. The van der Waals surface area contributed by atoms with Crippen molar-refractivity contribution in [2.75, 3.05) is 24.9 Å². The van der Waals surface area contributed by atoms with Crippen LogP contribution in [0, 0.1) is 36.5 Å². The molecule has 0 aliphatic carbocycles. The van der Waals surface area contributed by atoms with Crippen molar-refractivity contribution in [3.8, 4) is 12.1 Å². The molecule has 0 bridgehead atoms. The molecule has 3 rings (SSSR count). The Bertz CT molecular complexity index is 1360. The van der Waals surface area contributed by atoms with Gasteiger partial charge >= 0.3 is 11.9 Å². The molecule has 2 amide bonds. The Kier molecular flexibility index (Phi) is 7.79. The normalized spacial score (nSPS) is 10.1. The summed E-state index contributed by atoms with van der Waals surface area (Å²) < 4.78 is 9.40. The van der Waals surface area contributed by atoms with Gasteiger partial charge in [-0.1, -0.05) is 0 Å². The van der Waals surface area contributed by atoms with E-state index in [0.29, 0.717) is 11.1 Å². The maximum Gasteiger partial charge on any atom is 0.348 e. The van der Waals surface area contributed by atoms with Crippen molar-refractivity contribution in [3.63, 3.8) is 0 Å². The van der Waals surface area contributed by atoms with Gasteiger partial charge in [0.1, 0.15) is 37.6 Å². The molecule has 3 aromatic rings. The first-order chi connectivity index (χ1) is 17.2. The van der Waals surface area contributed by atoms with Gasteiger partial charge in [0.05, 0.1) is 30.9 Å². The lowest BCUT2D eigenvalue weighted by atomic mass is 10.1. The molecule has 0 unspecified atom stereocenters. The number of hydrogen-bond donors (Lipinski definition) is 2. The van der Waals surface area contributed by atoms with E-state index >= 15 is 0 Å². The number of nitriles is 2. The maximum absolute atomic E-state index is 12.7. The second-order valence-corrected chi connectivity index (χ2v) is 9.11. The number of nitrogens with one attached hydrogen (secondary N) is 2. The maximum atomic E-state index is 12.7. The largest absolute Gasteiger partial charge is 0.465 e. The van der Waals surface area contributed by atoms with Gasteiger partial charge in [-0.3, -0.25) is 14.6 Å². The third kappa shape index (κ3) is 4.93. The van der Waals surface area contributed by atoms with Crippen LogP contribution in [0.5, 0.6) is 0 Å². The Labute approximate surface area is 212 Å². The van der Waals surface area contributed by atoms with Crippen molar-refractivity contribution in [3.05, 3.63) is 61.6 Å². The highest BCUT2D eigenvalue weighted by Gasteiger charge is 2.24. The van der Waals surface area contributed by atoms with Gasteiger partial charge in [0.15, 0.2) is 0 Å². The zero-order chi connectivity index (χ0) is 26.6. The molecule has 0 saturated heterocycles. The Morgan fingerprint density at radius 2 is 1.31 bits per heavy atom. The summed E-state index contributed by atoms with van der Waals surface area (Å²) in [6, 6.07) is 6.58. The summed E-state index contributed by atoms with van der Waals surface area (Å²) in [6.45, 7) is 3.15. The van der Waals surface area contributed by atoms with Crippen molar-refractivity contribution in [2.24, 2.45) is 0 Å². The van der Waals surface area contributed by atoms with Crippen LogP contribution in [0.3, 0.4) is 0 Å². The first-order valence-electron chi connectivity index (χ1n) is 9.99. The molecule has 0 aliphatic heterocycles. The van der Waals surface area contributed by atoms with Crippen LogP contribution in [0.4, 0.5) is 10.0 Å². The molecule has 2 N–H and O–H groups in total. The molecule has 0 spiro atoms. The SMILES string of the molecule is COC(=O)c1sc(NC(=O)c2ccc(C(=O)Nc3sc(C(=O)OC)c(C)c3C#N)nc2)c(C#N)c1C. The van der Waals surface area contributed by atoms with Crippen LogP contribution in [0.1, 0.15) is 62.4 Å². The minimum atomic E-state index is -0.653. The Balaban J connectivity index is 1.78. The zero-order valence-electron chi connectivity index (χ0n) is 19.3. The summed E-state index contributed by atoms with van der Waals surface area (Å²) in [5.74, 6) is -2.50. The van der Waals surface area contributed by atoms with E-state index in [0.717, 1.165) is 22.7 Å². The predicted octanol–water partition coefficient (Wildman–Crippen LogP) is 3.64. The summed E-state index contributed by atoms with van der Waals surface area (Å²) in [5, 5.41) is 24.3. The third-order valence-corrected chi connectivity index (χ3v) is 7.35. The molecule has 36 heavy (non-hydrogen) atoms. The summed E-state index contributed by atoms with van der Waals surface area (Å²) in [6.07, 6.45) is 1.17. The smallest absolute Gasteiger partial charge is 0.348 e. The number of rotatable bonds is 6. The number of carbonyl (C=O) groups excluding carboxylic acids is 4. The highest BCUT2D eigenvalue weighted by Crippen LogP contribution is 2.34. The first kappa shape index (κ1) is 26.0. The summed E-state index contributed by atoms with van der Waals surface area (Å²) in [5.41, 5.74) is 1.11. The van der Waals surface area contributed by atoms with E-state index in [1.54, 1.807) is 13.8 Å². The zero-order valence-corrected chi connectivity index (χ0v) is 21.0. The molecule has 0 radical (unpaired) electrons. The van der Waals surface area contributed by atoms with Crippen LogP contribution in [-0.4, -0.2) is 43.0 Å². The number of thiophene rings is 2. The molecule has 11 nitrogen and oxygen atoms in total. The van der Waals surface area contributed by atoms with Crippen molar-refractivity contribution >= 4 is 56.4 Å². The Hall–Kier alpha value is -4.59. The minimum Gasteiger partial charge on any atom is -0.465 e. The van der Waals surface area contributed by atoms with E-state index in [1.807, 2.05) is 12.1 Å². The fourth-order valence-electron chi connectivity index (χ4n) is 3.05. The number of carbonyl (C=O) groups is 4. The van der Waals surface area contributed by atoms with Gasteiger partial charge in [-0.15, -0.1) is 22.7 Å².